The van der Waals surface area contributed by atoms with Crippen molar-refractivity contribution in [3.8, 4) is 0 Å². The van der Waals surface area contributed by atoms with Crippen molar-refractivity contribution < 1.29 is 9.53 Å². The first-order valence-electron chi connectivity index (χ1n) is 10.7. The van der Waals surface area contributed by atoms with Gasteiger partial charge in [0.1, 0.15) is 0 Å². The van der Waals surface area contributed by atoms with Crippen LogP contribution in [0.1, 0.15) is 43.7 Å². The lowest BCUT2D eigenvalue weighted by molar-refractivity contribution is -0.114. The molecule has 0 aromatic heterocycles. The van der Waals surface area contributed by atoms with Crippen LogP contribution in [0.4, 0.5) is 5.69 Å². The maximum absolute atomic E-state index is 11.2. The fourth-order valence-electron chi connectivity index (χ4n) is 4.34. The van der Waals surface area contributed by atoms with Gasteiger partial charge in [0, 0.05) is 32.9 Å². The fourth-order valence-corrected chi connectivity index (χ4v) is 4.34. The third-order valence-electron chi connectivity index (χ3n) is 6.22. The molecule has 4 nitrogen and oxygen atoms in total. The number of hydrogen-bond acceptors (Lipinski definition) is 3. The summed E-state index contributed by atoms with van der Waals surface area (Å²) in [7, 11) is 1.81. The Balaban J connectivity index is 0.00000320. The van der Waals surface area contributed by atoms with Gasteiger partial charge in [-0.15, -0.1) is 12.4 Å². The number of ether oxygens (including phenoxy) is 1. The standard InChI is InChI=1S/C25H34N2O2.ClH/c1-21(28)26-24-10-8-23(9-11-24)20-27-17-14-25(15-18-27,16-19-29-2)13-12-22-6-4-3-5-7-22;/h3-11H,12-20H2,1-2H3,(H,26,28);1H. The number of hydrogen-bond donors (Lipinski definition) is 1. The fraction of sp³-hybridized carbons (Fsp3) is 0.480. The van der Waals surface area contributed by atoms with Gasteiger partial charge >= 0.3 is 0 Å². The van der Waals surface area contributed by atoms with Crippen molar-refractivity contribution in [2.24, 2.45) is 5.41 Å². The zero-order chi connectivity index (χ0) is 20.5. The summed E-state index contributed by atoms with van der Waals surface area (Å²) in [6.45, 7) is 5.62. The van der Waals surface area contributed by atoms with Crippen LogP contribution in [0.15, 0.2) is 54.6 Å². The number of carbonyl (C=O) groups excluding carboxylic acids is 1. The van der Waals surface area contributed by atoms with Crippen LogP contribution in [0, 0.1) is 5.41 Å². The molecule has 1 aliphatic rings. The van der Waals surface area contributed by atoms with Gasteiger partial charge in [0.25, 0.3) is 0 Å². The molecule has 164 valence electrons. The van der Waals surface area contributed by atoms with Crippen LogP contribution in [0.3, 0.4) is 0 Å². The highest BCUT2D eigenvalue weighted by molar-refractivity contribution is 5.88. The summed E-state index contributed by atoms with van der Waals surface area (Å²) in [6, 6.07) is 19.1. The molecule has 2 aromatic rings. The highest BCUT2D eigenvalue weighted by Gasteiger charge is 2.33. The molecule has 1 amide bonds. The Labute approximate surface area is 187 Å². The summed E-state index contributed by atoms with van der Waals surface area (Å²) in [5.74, 6) is -0.0309. The molecule has 1 heterocycles. The topological polar surface area (TPSA) is 41.6 Å². The first kappa shape index (κ1) is 24.4. The molecule has 5 heteroatoms. The quantitative estimate of drug-likeness (QED) is 0.585. The molecular weight excluding hydrogens is 396 g/mol. The van der Waals surface area contributed by atoms with Crippen LogP contribution >= 0.6 is 12.4 Å². The normalized spacial score (nSPS) is 15.9. The van der Waals surface area contributed by atoms with Gasteiger partial charge in [-0.1, -0.05) is 42.5 Å². The number of carbonyl (C=O) groups is 1. The van der Waals surface area contributed by atoms with Crippen LogP contribution in [0.5, 0.6) is 0 Å². The van der Waals surface area contributed by atoms with Crippen LogP contribution in [-0.2, 0) is 22.5 Å². The van der Waals surface area contributed by atoms with Crippen molar-refractivity contribution in [1.29, 1.82) is 0 Å². The number of aryl methyl sites for hydroxylation is 1. The third-order valence-corrected chi connectivity index (χ3v) is 6.22. The number of nitrogens with one attached hydrogen (secondary N) is 1. The van der Waals surface area contributed by atoms with E-state index in [9.17, 15) is 4.79 Å². The number of rotatable bonds is 9. The highest BCUT2D eigenvalue weighted by Crippen LogP contribution is 2.40. The van der Waals surface area contributed by atoms with E-state index in [1.807, 2.05) is 19.2 Å². The SMILES string of the molecule is COCCC1(CCc2ccccc2)CCN(Cc2ccc(NC(C)=O)cc2)CC1.Cl. The minimum atomic E-state index is -0.0309. The molecule has 1 saturated heterocycles. The average Bonchev–Trinajstić information content (AvgIpc) is 2.74. The number of anilines is 1. The largest absolute Gasteiger partial charge is 0.385 e. The van der Waals surface area contributed by atoms with E-state index < -0.39 is 0 Å². The summed E-state index contributed by atoms with van der Waals surface area (Å²) in [6.07, 6.45) is 5.99. The molecule has 0 radical (unpaired) electrons. The maximum atomic E-state index is 11.2. The van der Waals surface area contributed by atoms with Crippen molar-refractivity contribution in [3.63, 3.8) is 0 Å². The molecule has 2 aromatic carbocycles. The van der Waals surface area contributed by atoms with Crippen LogP contribution < -0.4 is 5.32 Å². The number of nitrogens with zero attached hydrogens (tertiary/aromatic N) is 1. The summed E-state index contributed by atoms with van der Waals surface area (Å²) in [5, 5.41) is 2.83. The minimum absolute atomic E-state index is 0. The maximum Gasteiger partial charge on any atom is 0.221 e. The predicted octanol–water partition coefficient (Wildman–Crippen LogP) is 5.32. The number of likely N-dealkylation sites (tertiary alicyclic amines) is 1. The number of methoxy groups -OCH3 is 1. The lowest BCUT2D eigenvalue weighted by Gasteiger charge is -2.42. The first-order valence-corrected chi connectivity index (χ1v) is 10.7. The van der Waals surface area contributed by atoms with Gasteiger partial charge in [0.2, 0.25) is 5.91 Å². The molecule has 30 heavy (non-hydrogen) atoms. The number of piperidine rings is 1. The van der Waals surface area contributed by atoms with Gasteiger partial charge in [0.05, 0.1) is 0 Å². The van der Waals surface area contributed by atoms with Crippen molar-refractivity contribution in [3.05, 3.63) is 65.7 Å². The van der Waals surface area contributed by atoms with Gasteiger partial charge in [-0.05, 0) is 73.9 Å². The lowest BCUT2D eigenvalue weighted by atomic mass is 9.72. The smallest absolute Gasteiger partial charge is 0.221 e. The monoisotopic (exact) mass is 430 g/mol. The molecule has 0 bridgehead atoms. The highest BCUT2D eigenvalue weighted by atomic mass is 35.5. The molecule has 0 saturated carbocycles. The summed E-state index contributed by atoms with van der Waals surface area (Å²) in [4.78, 5) is 13.7. The number of halogens is 1. The zero-order valence-corrected chi connectivity index (χ0v) is 19.0. The Morgan fingerprint density at radius 2 is 1.67 bits per heavy atom. The second-order valence-electron chi connectivity index (χ2n) is 8.38. The molecule has 1 N–H and O–H groups in total. The molecule has 0 aliphatic carbocycles. The second kappa shape index (κ2) is 12.1. The van der Waals surface area contributed by atoms with Crippen molar-refractivity contribution >= 4 is 24.0 Å². The van der Waals surface area contributed by atoms with Crippen LogP contribution in [0.2, 0.25) is 0 Å². The van der Waals surface area contributed by atoms with Gasteiger partial charge in [-0.3, -0.25) is 9.69 Å². The van der Waals surface area contributed by atoms with Crippen molar-refractivity contribution in [2.75, 3.05) is 32.1 Å². The third kappa shape index (κ3) is 7.42. The Morgan fingerprint density at radius 1 is 1.00 bits per heavy atom. The molecule has 0 unspecified atom stereocenters. The Hall–Kier alpha value is -1.88. The van der Waals surface area contributed by atoms with E-state index in [0.29, 0.717) is 5.41 Å². The van der Waals surface area contributed by atoms with Crippen LogP contribution in [-0.4, -0.2) is 37.6 Å². The van der Waals surface area contributed by atoms with Crippen molar-refractivity contribution in [2.45, 2.75) is 45.6 Å². The second-order valence-corrected chi connectivity index (χ2v) is 8.38. The Bertz CT molecular complexity index is 756. The molecular formula is C25H35ClN2O2. The van der Waals surface area contributed by atoms with E-state index in [1.54, 1.807) is 0 Å². The number of benzene rings is 2. The Kier molecular flexibility index (Phi) is 9.83. The predicted molar refractivity (Wildman–Crippen MR) is 126 cm³/mol. The molecule has 1 fully saturated rings. The summed E-state index contributed by atoms with van der Waals surface area (Å²) >= 11 is 0. The van der Waals surface area contributed by atoms with E-state index in [1.165, 1.54) is 37.3 Å². The summed E-state index contributed by atoms with van der Waals surface area (Å²) < 4.78 is 5.44. The molecule has 1 aliphatic heterocycles. The molecule has 0 spiro atoms. The Morgan fingerprint density at radius 3 is 2.27 bits per heavy atom. The first-order chi connectivity index (χ1) is 14.1. The van der Waals surface area contributed by atoms with Crippen molar-refractivity contribution in [1.82, 2.24) is 4.90 Å². The van der Waals surface area contributed by atoms with Gasteiger partial charge < -0.3 is 10.1 Å². The average molecular weight is 431 g/mol. The van der Waals surface area contributed by atoms with E-state index in [-0.39, 0.29) is 18.3 Å². The van der Waals surface area contributed by atoms with Crippen LogP contribution in [0.25, 0.3) is 0 Å². The molecule has 3 rings (SSSR count). The van der Waals surface area contributed by atoms with Gasteiger partial charge in [0.15, 0.2) is 0 Å². The van der Waals surface area contributed by atoms with E-state index in [4.69, 9.17) is 4.74 Å². The van der Waals surface area contributed by atoms with E-state index in [2.05, 4.69) is 52.7 Å². The summed E-state index contributed by atoms with van der Waals surface area (Å²) in [5.41, 5.74) is 3.98. The zero-order valence-electron chi connectivity index (χ0n) is 18.2. The molecule has 0 atom stereocenters. The van der Waals surface area contributed by atoms with Gasteiger partial charge in [-0.25, -0.2) is 0 Å². The van der Waals surface area contributed by atoms with Gasteiger partial charge in [-0.2, -0.15) is 0 Å². The lowest BCUT2D eigenvalue weighted by Crippen LogP contribution is -2.40. The van der Waals surface area contributed by atoms with E-state index >= 15 is 0 Å². The minimum Gasteiger partial charge on any atom is -0.385 e. The van der Waals surface area contributed by atoms with E-state index in [0.717, 1.165) is 44.8 Å². The number of amides is 1.